The Morgan fingerprint density at radius 1 is 1.30 bits per heavy atom. The summed E-state index contributed by atoms with van der Waals surface area (Å²) in [6.07, 6.45) is 0. The zero-order chi connectivity index (χ0) is 15.3. The first-order valence-electron chi connectivity index (χ1n) is 6.36. The number of Topliss-reactive ketones (excluding diaryl/α,β-unsaturated/α-hetero) is 1. The fourth-order valence-corrected chi connectivity index (χ4v) is 3.25. The number of ketones is 1. The van der Waals surface area contributed by atoms with Gasteiger partial charge in [-0.3, -0.25) is 4.79 Å². The molecule has 0 aliphatic carbocycles. The van der Waals surface area contributed by atoms with E-state index in [1.165, 1.54) is 6.92 Å². The summed E-state index contributed by atoms with van der Waals surface area (Å²) >= 11 is 0. The van der Waals surface area contributed by atoms with E-state index < -0.39 is 9.05 Å². The van der Waals surface area contributed by atoms with Gasteiger partial charge in [0, 0.05) is 16.6 Å². The molecule has 1 aromatic carbocycles. The first kappa shape index (κ1) is 17.0. The van der Waals surface area contributed by atoms with E-state index in [4.69, 9.17) is 15.4 Å². The predicted molar refractivity (Wildman–Crippen MR) is 79.9 cm³/mol. The molecule has 20 heavy (non-hydrogen) atoms. The van der Waals surface area contributed by atoms with Crippen LogP contribution in [0.4, 0.5) is 0 Å². The third kappa shape index (κ3) is 5.51. The van der Waals surface area contributed by atoms with E-state index in [1.807, 2.05) is 13.8 Å². The van der Waals surface area contributed by atoms with Gasteiger partial charge in [-0.25, -0.2) is 8.42 Å². The van der Waals surface area contributed by atoms with Crippen molar-refractivity contribution in [2.24, 2.45) is 11.8 Å². The summed E-state index contributed by atoms with van der Waals surface area (Å²) in [7, 11) is 1.72. The largest absolute Gasteiger partial charge is 0.492 e. The average Bonchev–Trinajstić information content (AvgIpc) is 2.33. The van der Waals surface area contributed by atoms with E-state index in [0.717, 1.165) is 0 Å². The molecule has 0 radical (unpaired) electrons. The molecule has 1 unspecified atom stereocenters. The van der Waals surface area contributed by atoms with Crippen LogP contribution in [-0.4, -0.2) is 26.6 Å². The molecule has 0 aliphatic rings. The number of benzene rings is 1. The molecule has 6 heteroatoms. The van der Waals surface area contributed by atoms with Crippen molar-refractivity contribution >= 4 is 25.5 Å². The minimum atomic E-state index is -3.57. The summed E-state index contributed by atoms with van der Waals surface area (Å²) in [5.41, 5.74) is 0.490. The summed E-state index contributed by atoms with van der Waals surface area (Å²) in [5, 5.41) is 0. The van der Waals surface area contributed by atoms with Gasteiger partial charge >= 0.3 is 0 Å². The fourth-order valence-electron chi connectivity index (χ4n) is 1.77. The molecule has 112 valence electrons. The number of hydrogen-bond acceptors (Lipinski definition) is 4. The van der Waals surface area contributed by atoms with Crippen LogP contribution in [0.25, 0.3) is 0 Å². The molecule has 0 aromatic heterocycles. The number of carbonyl (C=O) groups is 1. The van der Waals surface area contributed by atoms with Crippen LogP contribution < -0.4 is 4.74 Å². The molecule has 1 rings (SSSR count). The first-order valence-corrected chi connectivity index (χ1v) is 8.83. The fraction of sp³-hybridized carbons (Fsp3) is 0.500. The van der Waals surface area contributed by atoms with Crippen molar-refractivity contribution in [3.63, 3.8) is 0 Å². The first-order chi connectivity index (χ1) is 9.20. The lowest BCUT2D eigenvalue weighted by atomic mass is 9.99. The zero-order valence-electron chi connectivity index (χ0n) is 11.8. The molecule has 1 aromatic rings. The van der Waals surface area contributed by atoms with Crippen LogP contribution in [0, 0.1) is 11.8 Å². The van der Waals surface area contributed by atoms with Gasteiger partial charge in [0.2, 0.25) is 9.05 Å². The molecule has 0 aliphatic heterocycles. The van der Waals surface area contributed by atoms with E-state index in [0.29, 0.717) is 11.3 Å². The summed E-state index contributed by atoms with van der Waals surface area (Å²) in [4.78, 5) is 11.5. The second-order valence-corrected chi connectivity index (χ2v) is 7.89. The van der Waals surface area contributed by atoms with E-state index in [-0.39, 0.29) is 30.0 Å². The Labute approximate surface area is 124 Å². The van der Waals surface area contributed by atoms with Crippen LogP contribution in [0.2, 0.25) is 0 Å². The minimum absolute atomic E-state index is 0.0911. The SMILES string of the molecule is CC(=O)c1ccccc1OCC(CS(=O)(=O)Cl)C(C)C. The van der Waals surface area contributed by atoms with Gasteiger partial charge in [-0.1, -0.05) is 26.0 Å². The van der Waals surface area contributed by atoms with Crippen molar-refractivity contribution in [2.75, 3.05) is 12.4 Å². The maximum Gasteiger partial charge on any atom is 0.233 e. The van der Waals surface area contributed by atoms with Crippen molar-refractivity contribution in [3.05, 3.63) is 29.8 Å². The lowest BCUT2D eigenvalue weighted by Crippen LogP contribution is -2.25. The molecule has 0 saturated heterocycles. The summed E-state index contributed by atoms with van der Waals surface area (Å²) < 4.78 is 28.0. The second-order valence-electron chi connectivity index (χ2n) is 5.07. The average molecular weight is 319 g/mol. The van der Waals surface area contributed by atoms with Crippen LogP contribution in [0.15, 0.2) is 24.3 Å². The van der Waals surface area contributed by atoms with Gasteiger partial charge in [-0.15, -0.1) is 0 Å². The highest BCUT2D eigenvalue weighted by Crippen LogP contribution is 2.22. The van der Waals surface area contributed by atoms with Crippen LogP contribution >= 0.6 is 10.7 Å². The smallest absolute Gasteiger partial charge is 0.233 e. The normalized spacial score (nSPS) is 13.2. The number of ether oxygens (including phenoxy) is 1. The molecule has 0 N–H and O–H groups in total. The Morgan fingerprint density at radius 3 is 2.40 bits per heavy atom. The van der Waals surface area contributed by atoms with Gasteiger partial charge in [-0.05, 0) is 25.0 Å². The minimum Gasteiger partial charge on any atom is -0.492 e. The topological polar surface area (TPSA) is 60.4 Å². The van der Waals surface area contributed by atoms with Crippen molar-refractivity contribution < 1.29 is 17.9 Å². The highest BCUT2D eigenvalue weighted by atomic mass is 35.7. The lowest BCUT2D eigenvalue weighted by molar-refractivity contribution is 0.101. The van der Waals surface area contributed by atoms with Crippen molar-refractivity contribution in [1.29, 1.82) is 0 Å². The molecule has 4 nitrogen and oxygen atoms in total. The molecule has 0 amide bonds. The molecule has 0 bridgehead atoms. The number of rotatable bonds is 7. The predicted octanol–water partition coefficient (Wildman–Crippen LogP) is 3.11. The van der Waals surface area contributed by atoms with Gasteiger partial charge in [0.05, 0.1) is 17.9 Å². The molecule has 0 heterocycles. The lowest BCUT2D eigenvalue weighted by Gasteiger charge is -2.20. The van der Waals surface area contributed by atoms with E-state index in [9.17, 15) is 13.2 Å². The van der Waals surface area contributed by atoms with Crippen LogP contribution in [-0.2, 0) is 9.05 Å². The van der Waals surface area contributed by atoms with Gasteiger partial charge < -0.3 is 4.74 Å². The number of carbonyl (C=O) groups excluding carboxylic acids is 1. The zero-order valence-corrected chi connectivity index (χ0v) is 13.4. The van der Waals surface area contributed by atoms with Gasteiger partial charge in [0.1, 0.15) is 5.75 Å². The molecule has 1 atom stereocenters. The molecule has 0 fully saturated rings. The second kappa shape index (κ2) is 7.09. The third-order valence-corrected chi connectivity index (χ3v) is 4.28. The highest BCUT2D eigenvalue weighted by molar-refractivity contribution is 8.13. The maximum absolute atomic E-state index is 11.5. The van der Waals surface area contributed by atoms with Crippen molar-refractivity contribution in [1.82, 2.24) is 0 Å². The van der Waals surface area contributed by atoms with Crippen LogP contribution in [0.5, 0.6) is 5.75 Å². The molecule has 0 saturated carbocycles. The van der Waals surface area contributed by atoms with E-state index >= 15 is 0 Å². The third-order valence-electron chi connectivity index (χ3n) is 3.08. The highest BCUT2D eigenvalue weighted by Gasteiger charge is 2.22. The summed E-state index contributed by atoms with van der Waals surface area (Å²) in [6, 6.07) is 6.90. The Hall–Kier alpha value is -1.07. The molecular formula is C14H19ClO4S. The van der Waals surface area contributed by atoms with Gasteiger partial charge in [0.25, 0.3) is 0 Å². The number of para-hydroxylation sites is 1. The van der Waals surface area contributed by atoms with Gasteiger partial charge in [0.15, 0.2) is 5.78 Å². The van der Waals surface area contributed by atoms with Gasteiger partial charge in [-0.2, -0.15) is 0 Å². The Morgan fingerprint density at radius 2 is 1.90 bits per heavy atom. The molecular weight excluding hydrogens is 300 g/mol. The number of hydrogen-bond donors (Lipinski definition) is 0. The van der Waals surface area contributed by atoms with Crippen molar-refractivity contribution in [3.8, 4) is 5.75 Å². The van der Waals surface area contributed by atoms with E-state index in [2.05, 4.69) is 0 Å². The molecule has 0 spiro atoms. The quantitative estimate of drug-likeness (QED) is 0.572. The van der Waals surface area contributed by atoms with Crippen LogP contribution in [0.1, 0.15) is 31.1 Å². The van der Waals surface area contributed by atoms with E-state index in [1.54, 1.807) is 24.3 Å². The standard InChI is InChI=1S/C14H19ClO4S/c1-10(2)12(9-20(15,17)18)8-19-14-7-5-4-6-13(14)11(3)16/h4-7,10,12H,8-9H2,1-3H3. The van der Waals surface area contributed by atoms with Crippen molar-refractivity contribution in [2.45, 2.75) is 20.8 Å². The maximum atomic E-state index is 11.5. The Kier molecular flexibility index (Phi) is 6.02. The monoisotopic (exact) mass is 318 g/mol. The Bertz CT molecular complexity index is 566. The Balaban J connectivity index is 2.81. The summed E-state index contributed by atoms with van der Waals surface area (Å²) in [6.45, 7) is 5.49. The van der Waals surface area contributed by atoms with Crippen LogP contribution in [0.3, 0.4) is 0 Å². The summed E-state index contributed by atoms with van der Waals surface area (Å²) in [5.74, 6) is 0.115. The number of halogens is 1.